The van der Waals surface area contributed by atoms with E-state index >= 15 is 0 Å². The molecular formula is C18H24F2N4O2. The van der Waals surface area contributed by atoms with Crippen molar-refractivity contribution in [2.24, 2.45) is 0 Å². The highest BCUT2D eigenvalue weighted by atomic mass is 19.3. The van der Waals surface area contributed by atoms with E-state index in [1.165, 1.54) is 0 Å². The van der Waals surface area contributed by atoms with E-state index < -0.39 is 24.9 Å². The number of carbonyl (C=O) groups is 2. The summed E-state index contributed by atoms with van der Waals surface area (Å²) in [6.07, 6.45) is 0.957. The van der Waals surface area contributed by atoms with Gasteiger partial charge in [0, 0.05) is 31.2 Å². The van der Waals surface area contributed by atoms with Crippen LogP contribution >= 0.6 is 0 Å². The highest BCUT2D eigenvalue weighted by Gasteiger charge is 2.42. The van der Waals surface area contributed by atoms with Crippen LogP contribution in [-0.2, 0) is 9.59 Å². The summed E-state index contributed by atoms with van der Waals surface area (Å²) < 4.78 is 26.4. The molecule has 142 valence electrons. The fourth-order valence-electron chi connectivity index (χ4n) is 3.36. The smallest absolute Gasteiger partial charge is 0.262 e. The second-order valence-electron chi connectivity index (χ2n) is 6.97. The molecule has 0 radical (unpaired) electrons. The van der Waals surface area contributed by atoms with Gasteiger partial charge in [0.15, 0.2) is 0 Å². The van der Waals surface area contributed by atoms with E-state index in [4.69, 9.17) is 0 Å². The van der Waals surface area contributed by atoms with Crippen molar-refractivity contribution in [3.63, 3.8) is 0 Å². The first-order chi connectivity index (χ1) is 12.4. The van der Waals surface area contributed by atoms with Crippen LogP contribution in [0.2, 0.25) is 0 Å². The molecule has 0 spiro atoms. The van der Waals surface area contributed by atoms with Crippen molar-refractivity contribution in [3.8, 4) is 0 Å². The zero-order valence-corrected chi connectivity index (χ0v) is 14.5. The number of carbonyl (C=O) groups excluding carboxylic acids is 2. The van der Waals surface area contributed by atoms with E-state index in [2.05, 4.69) is 16.0 Å². The lowest BCUT2D eigenvalue weighted by Crippen LogP contribution is -2.50. The molecule has 0 aromatic heterocycles. The number of benzene rings is 1. The summed E-state index contributed by atoms with van der Waals surface area (Å²) in [4.78, 5) is 26.2. The van der Waals surface area contributed by atoms with Crippen molar-refractivity contribution in [2.75, 3.05) is 31.5 Å². The normalized spacial score (nSPS) is 23.5. The minimum Gasteiger partial charge on any atom is -0.352 e. The molecule has 0 aliphatic carbocycles. The standard InChI is InChI=1S/C18H24F2N4O2/c19-18(20)10-15(21-12-18)17(26)23-14-6-8-24(9-7-14)11-16(25)22-13-4-2-1-3-5-13/h1-5,14-15,21H,6-12H2,(H,22,25)(H,23,26). The Labute approximate surface area is 151 Å². The number of likely N-dealkylation sites (tertiary alicyclic amines) is 1. The topological polar surface area (TPSA) is 73.5 Å². The number of hydrogen-bond acceptors (Lipinski definition) is 4. The lowest BCUT2D eigenvalue weighted by Gasteiger charge is -2.32. The summed E-state index contributed by atoms with van der Waals surface area (Å²) in [7, 11) is 0. The summed E-state index contributed by atoms with van der Waals surface area (Å²) in [5, 5.41) is 8.27. The Hall–Kier alpha value is -2.06. The van der Waals surface area contributed by atoms with Gasteiger partial charge in [-0.1, -0.05) is 18.2 Å². The average Bonchev–Trinajstić information content (AvgIpc) is 2.97. The first-order valence-corrected chi connectivity index (χ1v) is 8.90. The third kappa shape index (κ3) is 5.22. The maximum Gasteiger partial charge on any atom is 0.262 e. The molecule has 2 amide bonds. The maximum absolute atomic E-state index is 13.2. The van der Waals surface area contributed by atoms with Crippen LogP contribution in [0.25, 0.3) is 0 Å². The number of alkyl halides is 2. The number of hydrogen-bond donors (Lipinski definition) is 3. The van der Waals surface area contributed by atoms with Crippen molar-refractivity contribution in [3.05, 3.63) is 30.3 Å². The van der Waals surface area contributed by atoms with Crippen molar-refractivity contribution < 1.29 is 18.4 Å². The molecule has 8 heteroatoms. The third-order valence-electron chi connectivity index (χ3n) is 4.79. The zero-order valence-electron chi connectivity index (χ0n) is 14.5. The van der Waals surface area contributed by atoms with Crippen LogP contribution < -0.4 is 16.0 Å². The van der Waals surface area contributed by atoms with Crippen molar-refractivity contribution in [1.82, 2.24) is 15.5 Å². The predicted octanol–water partition coefficient (Wildman–Crippen LogP) is 1.20. The molecule has 1 unspecified atom stereocenters. The van der Waals surface area contributed by atoms with Gasteiger partial charge >= 0.3 is 0 Å². The molecule has 0 saturated carbocycles. The lowest BCUT2D eigenvalue weighted by atomic mass is 10.0. The number of halogens is 2. The van der Waals surface area contributed by atoms with Gasteiger partial charge in [-0.2, -0.15) is 0 Å². The van der Waals surface area contributed by atoms with E-state index in [1.807, 2.05) is 35.2 Å². The van der Waals surface area contributed by atoms with E-state index in [9.17, 15) is 18.4 Å². The molecule has 2 aliphatic rings. The summed E-state index contributed by atoms with van der Waals surface area (Å²) in [5.41, 5.74) is 0.764. The number of nitrogens with zero attached hydrogens (tertiary/aromatic N) is 1. The summed E-state index contributed by atoms with van der Waals surface area (Å²) in [5.74, 6) is -3.24. The molecule has 26 heavy (non-hydrogen) atoms. The first kappa shape index (κ1) is 18.7. The van der Waals surface area contributed by atoms with Crippen LogP contribution in [-0.4, -0.2) is 60.9 Å². The Morgan fingerprint density at radius 2 is 1.88 bits per heavy atom. The monoisotopic (exact) mass is 366 g/mol. The van der Waals surface area contributed by atoms with Gasteiger partial charge in [-0.25, -0.2) is 8.78 Å². The van der Waals surface area contributed by atoms with Crippen LogP contribution in [0.4, 0.5) is 14.5 Å². The number of anilines is 1. The van der Waals surface area contributed by atoms with Gasteiger partial charge in [-0.05, 0) is 25.0 Å². The minimum absolute atomic E-state index is 0.0352. The molecule has 3 rings (SSSR count). The zero-order chi connectivity index (χ0) is 18.6. The molecule has 3 N–H and O–H groups in total. The fraction of sp³-hybridized carbons (Fsp3) is 0.556. The van der Waals surface area contributed by atoms with Crippen LogP contribution in [0.15, 0.2) is 30.3 Å². The Bertz CT molecular complexity index is 633. The van der Waals surface area contributed by atoms with E-state index in [0.717, 1.165) is 5.69 Å². The largest absolute Gasteiger partial charge is 0.352 e. The van der Waals surface area contributed by atoms with Gasteiger partial charge in [0.2, 0.25) is 11.8 Å². The fourth-order valence-corrected chi connectivity index (χ4v) is 3.36. The van der Waals surface area contributed by atoms with Crippen LogP contribution in [0.5, 0.6) is 0 Å². The molecule has 1 atom stereocenters. The summed E-state index contributed by atoms with van der Waals surface area (Å²) >= 11 is 0. The Balaban J connectivity index is 1.37. The van der Waals surface area contributed by atoms with Gasteiger partial charge in [-0.15, -0.1) is 0 Å². The van der Waals surface area contributed by atoms with E-state index in [-0.39, 0.29) is 17.9 Å². The van der Waals surface area contributed by atoms with Crippen LogP contribution in [0, 0.1) is 0 Å². The number of amides is 2. The molecular weight excluding hydrogens is 342 g/mol. The number of rotatable bonds is 5. The number of para-hydroxylation sites is 1. The SMILES string of the molecule is O=C(CN1CCC(NC(=O)C2CC(F)(F)CN2)CC1)Nc1ccccc1. The summed E-state index contributed by atoms with van der Waals surface area (Å²) in [6, 6.07) is 8.42. The second-order valence-corrected chi connectivity index (χ2v) is 6.97. The number of piperidine rings is 1. The molecule has 2 fully saturated rings. The van der Waals surface area contributed by atoms with E-state index in [0.29, 0.717) is 32.5 Å². The average molecular weight is 366 g/mol. The molecule has 2 aliphatic heterocycles. The molecule has 0 bridgehead atoms. The van der Waals surface area contributed by atoms with Gasteiger partial charge in [0.05, 0.1) is 19.1 Å². The Morgan fingerprint density at radius 1 is 1.19 bits per heavy atom. The quantitative estimate of drug-likeness (QED) is 0.732. The molecule has 1 aromatic carbocycles. The molecule has 6 nitrogen and oxygen atoms in total. The highest BCUT2D eigenvalue weighted by molar-refractivity contribution is 5.92. The van der Waals surface area contributed by atoms with Crippen molar-refractivity contribution >= 4 is 17.5 Å². The van der Waals surface area contributed by atoms with Crippen LogP contribution in [0.3, 0.4) is 0 Å². The van der Waals surface area contributed by atoms with Gasteiger partial charge in [-0.3, -0.25) is 19.8 Å². The molecule has 2 heterocycles. The summed E-state index contributed by atoms with van der Waals surface area (Å²) in [6.45, 7) is 1.22. The van der Waals surface area contributed by atoms with Gasteiger partial charge < -0.3 is 10.6 Å². The first-order valence-electron chi connectivity index (χ1n) is 8.90. The van der Waals surface area contributed by atoms with Gasteiger partial charge in [0.1, 0.15) is 0 Å². The van der Waals surface area contributed by atoms with E-state index in [1.54, 1.807) is 0 Å². The lowest BCUT2D eigenvalue weighted by molar-refractivity contribution is -0.124. The van der Waals surface area contributed by atoms with Crippen LogP contribution in [0.1, 0.15) is 19.3 Å². The minimum atomic E-state index is -2.81. The van der Waals surface area contributed by atoms with Crippen molar-refractivity contribution in [1.29, 1.82) is 0 Å². The van der Waals surface area contributed by atoms with Crippen molar-refractivity contribution in [2.45, 2.75) is 37.3 Å². The molecule has 2 saturated heterocycles. The Morgan fingerprint density at radius 3 is 2.50 bits per heavy atom. The molecule has 1 aromatic rings. The Kier molecular flexibility index (Phi) is 5.83. The maximum atomic E-state index is 13.2. The predicted molar refractivity (Wildman–Crippen MR) is 94.0 cm³/mol. The van der Waals surface area contributed by atoms with Gasteiger partial charge in [0.25, 0.3) is 5.92 Å². The number of nitrogens with one attached hydrogen (secondary N) is 3. The highest BCUT2D eigenvalue weighted by Crippen LogP contribution is 2.25. The second kappa shape index (κ2) is 8.09. The third-order valence-corrected chi connectivity index (χ3v) is 4.79.